The number of thioether (sulfide) groups is 1. The lowest BCUT2D eigenvalue weighted by molar-refractivity contribution is 0.943. The van der Waals surface area contributed by atoms with E-state index in [9.17, 15) is 0 Å². The van der Waals surface area contributed by atoms with Crippen LogP contribution in [0.5, 0.6) is 0 Å². The Kier molecular flexibility index (Phi) is 6.21. The normalized spacial score (nSPS) is 9.56. The molecule has 0 rings (SSSR count). The van der Waals surface area contributed by atoms with E-state index in [2.05, 4.69) is 13.5 Å². The van der Waals surface area contributed by atoms with E-state index in [0.717, 1.165) is 18.7 Å². The number of hydrogen-bond acceptors (Lipinski definition) is 2. The van der Waals surface area contributed by atoms with Gasteiger partial charge in [0.2, 0.25) is 0 Å². The fraction of sp³-hybridized carbons (Fsp3) is 0.714. The van der Waals surface area contributed by atoms with E-state index < -0.39 is 0 Å². The van der Waals surface area contributed by atoms with Crippen molar-refractivity contribution in [1.29, 1.82) is 0 Å². The van der Waals surface area contributed by atoms with Gasteiger partial charge in [-0.2, -0.15) is 11.8 Å². The summed E-state index contributed by atoms with van der Waals surface area (Å²) in [7, 11) is 0. The average molecular weight is 145 g/mol. The summed E-state index contributed by atoms with van der Waals surface area (Å²) >= 11 is 1.91. The summed E-state index contributed by atoms with van der Waals surface area (Å²) in [6.07, 6.45) is 1.12. The Balaban J connectivity index is 2.83. The number of nitrogens with two attached hydrogens (primary N) is 1. The maximum atomic E-state index is 5.31. The molecule has 0 aromatic heterocycles. The first-order valence-electron chi connectivity index (χ1n) is 3.19. The molecule has 1 nitrogen and oxygen atoms in total. The highest BCUT2D eigenvalue weighted by Crippen LogP contribution is 2.05. The van der Waals surface area contributed by atoms with Gasteiger partial charge < -0.3 is 5.73 Å². The third-order valence-electron chi connectivity index (χ3n) is 0.841. The third-order valence-corrected chi connectivity index (χ3v) is 2.12. The fourth-order valence-electron chi connectivity index (χ4n) is 0.432. The molecule has 0 aliphatic heterocycles. The Bertz CT molecular complexity index is 81.0. The first-order valence-corrected chi connectivity index (χ1v) is 4.35. The molecule has 0 heterocycles. The van der Waals surface area contributed by atoms with Gasteiger partial charge in [-0.15, -0.1) is 0 Å². The van der Waals surface area contributed by atoms with Gasteiger partial charge in [-0.25, -0.2) is 0 Å². The van der Waals surface area contributed by atoms with Gasteiger partial charge in [0.15, 0.2) is 0 Å². The summed E-state index contributed by atoms with van der Waals surface area (Å²) in [5.41, 5.74) is 6.56. The molecule has 0 fully saturated rings. The summed E-state index contributed by atoms with van der Waals surface area (Å²) in [5, 5.41) is 0. The Morgan fingerprint density at radius 1 is 1.67 bits per heavy atom. The summed E-state index contributed by atoms with van der Waals surface area (Å²) in [5.74, 6) is 2.25. The molecule has 0 spiro atoms. The lowest BCUT2D eigenvalue weighted by Crippen LogP contribution is -1.99. The molecule has 0 unspecified atom stereocenters. The summed E-state index contributed by atoms with van der Waals surface area (Å²) < 4.78 is 0. The molecular formula is C7H15NS. The number of hydrogen-bond donors (Lipinski definition) is 1. The third kappa shape index (κ3) is 8.05. The predicted octanol–water partition coefficient (Wildman–Crippen LogP) is 1.64. The smallest absolute Gasteiger partial charge is 0.0137 e. The van der Waals surface area contributed by atoms with Gasteiger partial charge in [0.1, 0.15) is 0 Å². The van der Waals surface area contributed by atoms with E-state index >= 15 is 0 Å². The largest absolute Gasteiger partial charge is 0.330 e. The standard InChI is InChI=1S/C7H15NS/c1-7(2)6-9-5-3-4-8/h1,3-6,8H2,2H3. The van der Waals surface area contributed by atoms with Crippen LogP contribution in [-0.4, -0.2) is 18.1 Å². The second-order valence-electron chi connectivity index (χ2n) is 2.15. The van der Waals surface area contributed by atoms with E-state index in [1.54, 1.807) is 0 Å². The molecule has 0 saturated carbocycles. The van der Waals surface area contributed by atoms with Gasteiger partial charge in [-0.3, -0.25) is 0 Å². The first kappa shape index (κ1) is 9.05. The molecule has 0 aliphatic rings. The lowest BCUT2D eigenvalue weighted by Gasteiger charge is -1.97. The minimum atomic E-state index is 0.809. The second kappa shape index (κ2) is 6.17. The molecule has 0 radical (unpaired) electrons. The minimum absolute atomic E-state index is 0.809. The molecular weight excluding hydrogens is 130 g/mol. The van der Waals surface area contributed by atoms with Crippen LogP contribution in [0.1, 0.15) is 13.3 Å². The SMILES string of the molecule is C=C(C)CSCCCN. The Hall–Kier alpha value is 0.0500. The summed E-state index contributed by atoms with van der Waals surface area (Å²) in [6.45, 7) is 6.66. The van der Waals surface area contributed by atoms with E-state index in [1.807, 2.05) is 11.8 Å². The van der Waals surface area contributed by atoms with Crippen molar-refractivity contribution in [3.05, 3.63) is 12.2 Å². The van der Waals surface area contributed by atoms with Crippen LogP contribution in [0, 0.1) is 0 Å². The molecule has 0 atom stereocenters. The van der Waals surface area contributed by atoms with Crippen LogP contribution in [0.3, 0.4) is 0 Å². The van der Waals surface area contributed by atoms with Crippen molar-refractivity contribution in [3.8, 4) is 0 Å². The van der Waals surface area contributed by atoms with Crippen LogP contribution >= 0.6 is 11.8 Å². The van der Waals surface area contributed by atoms with Crippen molar-refractivity contribution in [2.24, 2.45) is 5.73 Å². The van der Waals surface area contributed by atoms with Gasteiger partial charge in [0, 0.05) is 5.75 Å². The van der Waals surface area contributed by atoms with Crippen molar-refractivity contribution >= 4 is 11.8 Å². The van der Waals surface area contributed by atoms with Gasteiger partial charge in [0.25, 0.3) is 0 Å². The highest BCUT2D eigenvalue weighted by atomic mass is 32.2. The molecule has 0 aromatic rings. The van der Waals surface area contributed by atoms with E-state index in [0.29, 0.717) is 0 Å². The van der Waals surface area contributed by atoms with Crippen molar-refractivity contribution in [2.45, 2.75) is 13.3 Å². The highest BCUT2D eigenvalue weighted by Gasteiger charge is 1.86. The van der Waals surface area contributed by atoms with Crippen LogP contribution in [0.15, 0.2) is 12.2 Å². The van der Waals surface area contributed by atoms with Crippen molar-refractivity contribution < 1.29 is 0 Å². The Labute approximate surface area is 61.7 Å². The van der Waals surface area contributed by atoms with Gasteiger partial charge in [0.05, 0.1) is 0 Å². The number of rotatable bonds is 5. The van der Waals surface area contributed by atoms with Gasteiger partial charge in [-0.1, -0.05) is 12.2 Å². The van der Waals surface area contributed by atoms with Gasteiger partial charge >= 0.3 is 0 Å². The van der Waals surface area contributed by atoms with Crippen LogP contribution in [0.4, 0.5) is 0 Å². The Morgan fingerprint density at radius 2 is 2.33 bits per heavy atom. The van der Waals surface area contributed by atoms with Crippen molar-refractivity contribution in [1.82, 2.24) is 0 Å². The molecule has 0 aromatic carbocycles. The van der Waals surface area contributed by atoms with E-state index in [4.69, 9.17) is 5.73 Å². The molecule has 9 heavy (non-hydrogen) atoms. The predicted molar refractivity (Wildman–Crippen MR) is 45.8 cm³/mol. The molecule has 0 saturated heterocycles. The topological polar surface area (TPSA) is 26.0 Å². The fourth-order valence-corrected chi connectivity index (χ4v) is 1.30. The lowest BCUT2D eigenvalue weighted by atomic mass is 10.4. The van der Waals surface area contributed by atoms with Gasteiger partial charge in [-0.05, 0) is 25.6 Å². The molecule has 54 valence electrons. The zero-order valence-corrected chi connectivity index (χ0v) is 6.84. The maximum absolute atomic E-state index is 5.31. The van der Waals surface area contributed by atoms with Crippen LogP contribution in [-0.2, 0) is 0 Å². The summed E-state index contributed by atoms with van der Waals surface area (Å²) in [6, 6.07) is 0. The van der Waals surface area contributed by atoms with Crippen LogP contribution < -0.4 is 5.73 Å². The van der Waals surface area contributed by atoms with Crippen molar-refractivity contribution in [2.75, 3.05) is 18.1 Å². The van der Waals surface area contributed by atoms with Crippen LogP contribution in [0.2, 0.25) is 0 Å². The zero-order chi connectivity index (χ0) is 7.11. The Morgan fingerprint density at radius 3 is 2.78 bits per heavy atom. The molecule has 2 heteroatoms. The monoisotopic (exact) mass is 145 g/mol. The molecule has 2 N–H and O–H groups in total. The summed E-state index contributed by atoms with van der Waals surface area (Å²) in [4.78, 5) is 0. The van der Waals surface area contributed by atoms with Crippen molar-refractivity contribution in [3.63, 3.8) is 0 Å². The molecule has 0 amide bonds. The minimum Gasteiger partial charge on any atom is -0.330 e. The molecule has 0 bridgehead atoms. The first-order chi connectivity index (χ1) is 4.27. The zero-order valence-electron chi connectivity index (χ0n) is 6.02. The van der Waals surface area contributed by atoms with Crippen LogP contribution in [0.25, 0.3) is 0 Å². The maximum Gasteiger partial charge on any atom is 0.0137 e. The molecule has 0 aliphatic carbocycles. The second-order valence-corrected chi connectivity index (χ2v) is 3.26. The quantitative estimate of drug-likeness (QED) is 0.470. The highest BCUT2D eigenvalue weighted by molar-refractivity contribution is 7.99. The van der Waals surface area contributed by atoms with E-state index in [-0.39, 0.29) is 0 Å². The average Bonchev–Trinajstić information content (AvgIpc) is 1.80. The van der Waals surface area contributed by atoms with E-state index in [1.165, 1.54) is 11.3 Å².